The fraction of sp³-hybridized carbons (Fsp3) is 0.938. The summed E-state index contributed by atoms with van der Waals surface area (Å²) in [6.45, 7) is 4.08. The summed E-state index contributed by atoms with van der Waals surface area (Å²) >= 11 is 0. The highest BCUT2D eigenvalue weighted by Gasteiger charge is 2.26. The summed E-state index contributed by atoms with van der Waals surface area (Å²) in [4.78, 5) is 14.3. The van der Waals surface area contributed by atoms with Crippen LogP contribution in [0.3, 0.4) is 0 Å². The molecule has 2 fully saturated rings. The van der Waals surface area contributed by atoms with Crippen molar-refractivity contribution in [3.63, 3.8) is 0 Å². The van der Waals surface area contributed by atoms with Crippen LogP contribution in [0.5, 0.6) is 0 Å². The van der Waals surface area contributed by atoms with Crippen molar-refractivity contribution in [2.24, 2.45) is 0 Å². The smallest absolute Gasteiger partial charge is 0.317 e. The number of nitrogens with zero attached hydrogens (tertiary/aromatic N) is 1. The molecule has 7 heteroatoms. The van der Waals surface area contributed by atoms with E-state index in [0.29, 0.717) is 12.1 Å². The summed E-state index contributed by atoms with van der Waals surface area (Å²) in [7, 11) is 4.14. The first-order chi connectivity index (χ1) is 11.0. The first kappa shape index (κ1) is 18.4. The predicted molar refractivity (Wildman–Crippen MR) is 93.0 cm³/mol. The van der Waals surface area contributed by atoms with Crippen molar-refractivity contribution < 1.29 is 4.79 Å². The largest absolute Gasteiger partial charge is 0.335 e. The molecule has 1 aliphatic carbocycles. The molecule has 2 aliphatic rings. The van der Waals surface area contributed by atoms with Gasteiger partial charge in [0.05, 0.1) is 6.17 Å². The minimum absolute atomic E-state index is 0.0805. The fourth-order valence-electron chi connectivity index (χ4n) is 3.32. The molecule has 0 bridgehead atoms. The molecule has 0 radical (unpaired) electrons. The highest BCUT2D eigenvalue weighted by Crippen LogP contribution is 2.17. The standard InChI is InChI=1S/C16H34N6O/c1-12-11-14(17-9-10-22(2)3)20-15(18-12)21-16(23)19-13-7-5-4-6-8-13/h12-15,17-18,20H,4-11H2,1-3H3,(H2,19,21,23). The maximum absolute atomic E-state index is 12.2. The Bertz CT molecular complexity index is 358. The lowest BCUT2D eigenvalue weighted by Crippen LogP contribution is -2.68. The Morgan fingerprint density at radius 1 is 1.13 bits per heavy atom. The number of hydrogen-bond acceptors (Lipinski definition) is 5. The second-order valence-corrected chi connectivity index (χ2v) is 7.17. The highest BCUT2D eigenvalue weighted by atomic mass is 16.2. The average Bonchev–Trinajstić information content (AvgIpc) is 2.47. The van der Waals surface area contributed by atoms with E-state index < -0.39 is 0 Å². The maximum atomic E-state index is 12.2. The van der Waals surface area contributed by atoms with Crippen LogP contribution in [0, 0.1) is 0 Å². The summed E-state index contributed by atoms with van der Waals surface area (Å²) in [5.74, 6) is 0. The third-order valence-corrected chi connectivity index (χ3v) is 4.57. The Balaban J connectivity index is 1.71. The third kappa shape index (κ3) is 7.03. The van der Waals surface area contributed by atoms with Crippen molar-refractivity contribution in [1.29, 1.82) is 0 Å². The highest BCUT2D eigenvalue weighted by molar-refractivity contribution is 5.74. The molecule has 2 amide bonds. The topological polar surface area (TPSA) is 80.5 Å². The van der Waals surface area contributed by atoms with Gasteiger partial charge in [-0.15, -0.1) is 0 Å². The van der Waals surface area contributed by atoms with Crippen molar-refractivity contribution in [2.75, 3.05) is 27.2 Å². The van der Waals surface area contributed by atoms with Crippen LogP contribution in [0.25, 0.3) is 0 Å². The lowest BCUT2D eigenvalue weighted by molar-refractivity contribution is 0.183. The number of urea groups is 1. The van der Waals surface area contributed by atoms with Gasteiger partial charge in [-0.1, -0.05) is 19.3 Å². The zero-order chi connectivity index (χ0) is 16.7. The van der Waals surface area contributed by atoms with Gasteiger partial charge in [0.1, 0.15) is 6.29 Å². The van der Waals surface area contributed by atoms with Crippen LogP contribution in [0.15, 0.2) is 0 Å². The molecule has 1 aliphatic heterocycles. The van der Waals surface area contributed by atoms with Gasteiger partial charge in [0.25, 0.3) is 0 Å². The van der Waals surface area contributed by atoms with E-state index in [4.69, 9.17) is 0 Å². The molecule has 1 heterocycles. The number of nitrogens with one attached hydrogen (secondary N) is 5. The van der Waals surface area contributed by atoms with Crippen LogP contribution in [-0.4, -0.2) is 62.7 Å². The van der Waals surface area contributed by atoms with Gasteiger partial charge in [0.15, 0.2) is 0 Å². The summed E-state index contributed by atoms with van der Waals surface area (Å²) in [5.41, 5.74) is 0. The van der Waals surface area contributed by atoms with Gasteiger partial charge in [-0.3, -0.25) is 10.6 Å². The number of carbonyl (C=O) groups excluding carboxylic acids is 1. The van der Waals surface area contributed by atoms with E-state index in [2.05, 4.69) is 52.5 Å². The van der Waals surface area contributed by atoms with E-state index in [9.17, 15) is 4.79 Å². The van der Waals surface area contributed by atoms with Gasteiger partial charge in [0.2, 0.25) is 0 Å². The monoisotopic (exact) mass is 326 g/mol. The number of carbonyl (C=O) groups is 1. The Kier molecular flexibility index (Phi) is 7.55. The quantitative estimate of drug-likeness (QED) is 0.487. The summed E-state index contributed by atoms with van der Waals surface area (Å²) in [6, 6.07) is 0.606. The molecule has 3 unspecified atom stereocenters. The molecule has 0 aromatic rings. The lowest BCUT2D eigenvalue weighted by Gasteiger charge is -2.37. The van der Waals surface area contributed by atoms with Gasteiger partial charge >= 0.3 is 6.03 Å². The van der Waals surface area contributed by atoms with Crippen molar-refractivity contribution in [2.45, 2.75) is 70.0 Å². The Hall–Kier alpha value is -0.890. The van der Waals surface area contributed by atoms with Crippen molar-refractivity contribution in [3.8, 4) is 0 Å². The number of amides is 2. The predicted octanol–water partition coefficient (Wildman–Crippen LogP) is 0.351. The second-order valence-electron chi connectivity index (χ2n) is 7.17. The Morgan fingerprint density at radius 2 is 1.87 bits per heavy atom. The van der Waals surface area contributed by atoms with Gasteiger partial charge in [-0.05, 0) is 40.3 Å². The molecule has 0 spiro atoms. The van der Waals surface area contributed by atoms with Crippen molar-refractivity contribution in [1.82, 2.24) is 31.5 Å². The average molecular weight is 326 g/mol. The molecule has 1 saturated carbocycles. The number of likely N-dealkylation sites (N-methyl/N-ethyl adjacent to an activating group) is 1. The molecule has 0 aromatic carbocycles. The maximum Gasteiger partial charge on any atom is 0.317 e. The molecule has 0 aromatic heterocycles. The van der Waals surface area contributed by atoms with Gasteiger partial charge in [-0.25, -0.2) is 4.79 Å². The van der Waals surface area contributed by atoms with Gasteiger partial charge in [0, 0.05) is 25.2 Å². The van der Waals surface area contributed by atoms with Crippen LogP contribution in [0.4, 0.5) is 4.79 Å². The minimum Gasteiger partial charge on any atom is -0.335 e. The number of hydrogen-bond donors (Lipinski definition) is 5. The van der Waals surface area contributed by atoms with Gasteiger partial charge in [-0.2, -0.15) is 0 Å². The molecular formula is C16H34N6O. The normalized spacial score (nSPS) is 29.5. The van der Waals surface area contributed by atoms with Crippen LogP contribution in [0.1, 0.15) is 45.4 Å². The van der Waals surface area contributed by atoms with E-state index >= 15 is 0 Å². The first-order valence-corrected chi connectivity index (χ1v) is 9.00. The second kappa shape index (κ2) is 9.42. The van der Waals surface area contributed by atoms with E-state index in [1.54, 1.807) is 0 Å². The summed E-state index contributed by atoms with van der Waals surface area (Å²) in [6.07, 6.45) is 6.96. The first-order valence-electron chi connectivity index (χ1n) is 9.00. The molecular weight excluding hydrogens is 292 g/mol. The molecule has 7 nitrogen and oxygen atoms in total. The molecule has 5 N–H and O–H groups in total. The van der Waals surface area contributed by atoms with Crippen LogP contribution in [-0.2, 0) is 0 Å². The van der Waals surface area contributed by atoms with E-state index in [1.165, 1.54) is 19.3 Å². The lowest BCUT2D eigenvalue weighted by atomic mass is 9.96. The minimum atomic E-state index is -0.195. The van der Waals surface area contributed by atoms with Crippen molar-refractivity contribution in [3.05, 3.63) is 0 Å². The third-order valence-electron chi connectivity index (χ3n) is 4.57. The molecule has 134 valence electrons. The molecule has 23 heavy (non-hydrogen) atoms. The molecule has 2 rings (SSSR count). The van der Waals surface area contributed by atoms with E-state index in [0.717, 1.165) is 32.4 Å². The number of rotatable bonds is 6. The molecule has 1 saturated heterocycles. The molecule has 3 atom stereocenters. The Morgan fingerprint density at radius 3 is 2.57 bits per heavy atom. The van der Waals surface area contributed by atoms with E-state index in [1.807, 2.05) is 0 Å². The van der Waals surface area contributed by atoms with Crippen LogP contribution < -0.4 is 26.6 Å². The summed E-state index contributed by atoms with van der Waals surface area (Å²) < 4.78 is 0. The fourth-order valence-corrected chi connectivity index (χ4v) is 3.32. The Labute approximate surface area is 140 Å². The SMILES string of the molecule is CC1CC(NCCN(C)C)NC(NC(=O)NC2CCCCC2)N1. The van der Waals surface area contributed by atoms with Crippen LogP contribution >= 0.6 is 0 Å². The zero-order valence-electron chi connectivity index (χ0n) is 14.8. The van der Waals surface area contributed by atoms with Crippen LogP contribution in [0.2, 0.25) is 0 Å². The van der Waals surface area contributed by atoms with E-state index in [-0.39, 0.29) is 18.5 Å². The van der Waals surface area contributed by atoms with Gasteiger partial charge < -0.3 is 20.9 Å². The zero-order valence-corrected chi connectivity index (χ0v) is 14.8. The van der Waals surface area contributed by atoms with Crippen molar-refractivity contribution >= 4 is 6.03 Å². The summed E-state index contributed by atoms with van der Waals surface area (Å²) in [5, 5.41) is 16.4.